The summed E-state index contributed by atoms with van der Waals surface area (Å²) in [6.45, 7) is 2.48. The Kier molecular flexibility index (Phi) is 4.72. The summed E-state index contributed by atoms with van der Waals surface area (Å²) < 4.78 is 10.5. The van der Waals surface area contributed by atoms with E-state index in [-0.39, 0.29) is 5.88 Å². The zero-order valence-electron chi connectivity index (χ0n) is 8.87. The average molecular weight is 231 g/mol. The molecule has 0 aliphatic carbocycles. The number of aliphatic hydroxyl groups excluding tert-OH is 1. The molecule has 1 atom stereocenters. The Morgan fingerprint density at radius 1 is 1.40 bits per heavy atom. The third kappa shape index (κ3) is 3.01. The highest BCUT2D eigenvalue weighted by Crippen LogP contribution is 2.30. The molecule has 1 unspecified atom stereocenters. The molecule has 0 radical (unpaired) electrons. The molecule has 3 nitrogen and oxygen atoms in total. The first-order valence-electron chi connectivity index (χ1n) is 4.77. The van der Waals surface area contributed by atoms with E-state index in [9.17, 15) is 5.11 Å². The van der Waals surface area contributed by atoms with Gasteiger partial charge in [0, 0.05) is 0 Å². The molecule has 0 amide bonds. The van der Waals surface area contributed by atoms with Crippen LogP contribution >= 0.6 is 11.6 Å². The van der Waals surface area contributed by atoms with Crippen molar-refractivity contribution in [1.82, 2.24) is 0 Å². The first kappa shape index (κ1) is 12.1. The van der Waals surface area contributed by atoms with E-state index in [0.717, 1.165) is 5.56 Å². The highest BCUT2D eigenvalue weighted by atomic mass is 35.5. The van der Waals surface area contributed by atoms with Crippen LogP contribution in [0.15, 0.2) is 18.2 Å². The van der Waals surface area contributed by atoms with E-state index < -0.39 is 6.10 Å². The summed E-state index contributed by atoms with van der Waals surface area (Å²) in [5.74, 6) is 1.45. The number of benzene rings is 1. The lowest BCUT2D eigenvalue weighted by molar-refractivity contribution is 0.202. The molecule has 1 rings (SSSR count). The minimum atomic E-state index is -0.670. The summed E-state index contributed by atoms with van der Waals surface area (Å²) >= 11 is 5.56. The quantitative estimate of drug-likeness (QED) is 0.790. The predicted molar refractivity (Wildman–Crippen MR) is 59.8 cm³/mol. The van der Waals surface area contributed by atoms with Gasteiger partial charge < -0.3 is 14.6 Å². The first-order chi connectivity index (χ1) is 7.22. The van der Waals surface area contributed by atoms with Crippen molar-refractivity contribution in [3.05, 3.63) is 23.8 Å². The van der Waals surface area contributed by atoms with Gasteiger partial charge in [0.2, 0.25) is 0 Å². The molecule has 0 aliphatic rings. The van der Waals surface area contributed by atoms with Crippen molar-refractivity contribution in [2.24, 2.45) is 0 Å². The molecule has 0 heterocycles. The zero-order chi connectivity index (χ0) is 11.3. The maximum absolute atomic E-state index is 9.54. The Labute approximate surface area is 94.6 Å². The number of alkyl halides is 1. The Morgan fingerprint density at radius 2 is 2.13 bits per heavy atom. The van der Waals surface area contributed by atoms with Crippen molar-refractivity contribution in [2.75, 3.05) is 19.6 Å². The van der Waals surface area contributed by atoms with E-state index in [1.54, 1.807) is 25.3 Å². The van der Waals surface area contributed by atoms with Crippen molar-refractivity contribution in [3.8, 4) is 11.5 Å². The maximum Gasteiger partial charge on any atom is 0.161 e. The third-order valence-electron chi connectivity index (χ3n) is 2.02. The lowest BCUT2D eigenvalue weighted by Crippen LogP contribution is -2.01. The summed E-state index contributed by atoms with van der Waals surface area (Å²) in [6, 6.07) is 5.28. The summed E-state index contributed by atoms with van der Waals surface area (Å²) in [7, 11) is 1.56. The van der Waals surface area contributed by atoms with Crippen LogP contribution in [0, 0.1) is 0 Å². The number of methoxy groups -OCH3 is 1. The van der Waals surface area contributed by atoms with Crippen LogP contribution in [0.25, 0.3) is 0 Å². The molecule has 0 spiro atoms. The molecule has 15 heavy (non-hydrogen) atoms. The van der Waals surface area contributed by atoms with Gasteiger partial charge in [-0.05, 0) is 24.6 Å². The molecule has 1 aromatic carbocycles. The van der Waals surface area contributed by atoms with Gasteiger partial charge in [-0.15, -0.1) is 11.6 Å². The Balaban J connectivity index is 2.96. The molecule has 84 valence electrons. The van der Waals surface area contributed by atoms with Crippen molar-refractivity contribution < 1.29 is 14.6 Å². The molecule has 4 heteroatoms. The second kappa shape index (κ2) is 5.83. The monoisotopic (exact) mass is 230 g/mol. The van der Waals surface area contributed by atoms with Gasteiger partial charge in [0.25, 0.3) is 0 Å². The minimum Gasteiger partial charge on any atom is -0.493 e. The van der Waals surface area contributed by atoms with Gasteiger partial charge in [0.05, 0.1) is 25.7 Å². The molecular weight excluding hydrogens is 216 g/mol. The van der Waals surface area contributed by atoms with Crippen LogP contribution in [0.3, 0.4) is 0 Å². The van der Waals surface area contributed by atoms with E-state index >= 15 is 0 Å². The summed E-state index contributed by atoms with van der Waals surface area (Å²) in [5.41, 5.74) is 0.727. The molecule has 1 N–H and O–H groups in total. The second-order valence-corrected chi connectivity index (χ2v) is 3.32. The van der Waals surface area contributed by atoms with E-state index in [4.69, 9.17) is 21.1 Å². The molecule has 0 fully saturated rings. The highest BCUT2D eigenvalue weighted by Gasteiger charge is 2.10. The SMILES string of the molecule is CCOc1ccc(C(O)CCl)cc1OC. The standard InChI is InChI=1S/C11H15ClO3/c1-3-15-10-5-4-8(9(13)7-12)6-11(10)14-2/h4-6,9,13H,3,7H2,1-2H3. The van der Waals surface area contributed by atoms with Crippen molar-refractivity contribution in [2.45, 2.75) is 13.0 Å². The number of hydrogen-bond acceptors (Lipinski definition) is 3. The molecule has 0 saturated carbocycles. The van der Waals surface area contributed by atoms with Crippen LogP contribution in [0.5, 0.6) is 11.5 Å². The fourth-order valence-corrected chi connectivity index (χ4v) is 1.43. The van der Waals surface area contributed by atoms with Gasteiger partial charge in [-0.3, -0.25) is 0 Å². The van der Waals surface area contributed by atoms with Crippen LogP contribution in [0.1, 0.15) is 18.6 Å². The van der Waals surface area contributed by atoms with Gasteiger partial charge in [-0.1, -0.05) is 6.07 Å². The summed E-state index contributed by atoms with van der Waals surface area (Å²) in [6.07, 6.45) is -0.670. The van der Waals surface area contributed by atoms with Crippen LogP contribution in [-0.4, -0.2) is 24.7 Å². The topological polar surface area (TPSA) is 38.7 Å². The summed E-state index contributed by atoms with van der Waals surface area (Å²) in [5, 5.41) is 9.54. The first-order valence-corrected chi connectivity index (χ1v) is 5.31. The van der Waals surface area contributed by atoms with Crippen molar-refractivity contribution in [3.63, 3.8) is 0 Å². The summed E-state index contributed by atoms with van der Waals surface area (Å²) in [4.78, 5) is 0. The molecule has 0 aliphatic heterocycles. The number of rotatable bonds is 5. The third-order valence-corrected chi connectivity index (χ3v) is 2.31. The fourth-order valence-electron chi connectivity index (χ4n) is 1.26. The van der Waals surface area contributed by atoms with Gasteiger partial charge >= 0.3 is 0 Å². The number of hydrogen-bond donors (Lipinski definition) is 1. The average Bonchev–Trinajstić information content (AvgIpc) is 2.29. The smallest absolute Gasteiger partial charge is 0.161 e. The molecule has 0 aromatic heterocycles. The largest absolute Gasteiger partial charge is 0.493 e. The number of halogens is 1. The van der Waals surface area contributed by atoms with Gasteiger partial charge in [0.1, 0.15) is 0 Å². The molecule has 1 aromatic rings. The van der Waals surface area contributed by atoms with E-state index in [1.807, 2.05) is 6.92 Å². The van der Waals surface area contributed by atoms with Gasteiger partial charge in [-0.25, -0.2) is 0 Å². The maximum atomic E-state index is 9.54. The Hall–Kier alpha value is -0.930. The lowest BCUT2D eigenvalue weighted by Gasteiger charge is -2.12. The Morgan fingerprint density at radius 3 is 2.67 bits per heavy atom. The van der Waals surface area contributed by atoms with Crippen molar-refractivity contribution in [1.29, 1.82) is 0 Å². The zero-order valence-corrected chi connectivity index (χ0v) is 9.62. The minimum absolute atomic E-state index is 0.164. The van der Waals surface area contributed by atoms with Gasteiger partial charge in [-0.2, -0.15) is 0 Å². The van der Waals surface area contributed by atoms with Crippen LogP contribution in [0.2, 0.25) is 0 Å². The van der Waals surface area contributed by atoms with Crippen LogP contribution in [-0.2, 0) is 0 Å². The van der Waals surface area contributed by atoms with E-state index in [1.165, 1.54) is 0 Å². The molecular formula is C11H15ClO3. The normalized spacial score (nSPS) is 12.3. The molecule has 0 saturated heterocycles. The van der Waals surface area contributed by atoms with E-state index in [0.29, 0.717) is 18.1 Å². The second-order valence-electron chi connectivity index (χ2n) is 3.01. The van der Waals surface area contributed by atoms with Crippen LogP contribution < -0.4 is 9.47 Å². The Bertz CT molecular complexity index is 315. The van der Waals surface area contributed by atoms with Crippen LogP contribution in [0.4, 0.5) is 0 Å². The van der Waals surface area contributed by atoms with Gasteiger partial charge in [0.15, 0.2) is 11.5 Å². The van der Waals surface area contributed by atoms with Crippen molar-refractivity contribution >= 4 is 11.6 Å². The fraction of sp³-hybridized carbons (Fsp3) is 0.455. The number of ether oxygens (including phenoxy) is 2. The lowest BCUT2D eigenvalue weighted by atomic mass is 10.1. The number of aliphatic hydroxyl groups is 1. The molecule has 0 bridgehead atoms. The highest BCUT2D eigenvalue weighted by molar-refractivity contribution is 6.18. The van der Waals surface area contributed by atoms with E-state index in [2.05, 4.69) is 0 Å². The predicted octanol–water partition coefficient (Wildman–Crippen LogP) is 2.37.